The fourth-order valence-corrected chi connectivity index (χ4v) is 2.04. The maximum absolute atomic E-state index is 9.36. The van der Waals surface area contributed by atoms with Crippen molar-refractivity contribution in [2.24, 2.45) is 5.16 Å². The number of hydrogen-bond donors (Lipinski definition) is 1. The van der Waals surface area contributed by atoms with Crippen molar-refractivity contribution in [1.29, 1.82) is 0 Å². The van der Waals surface area contributed by atoms with E-state index in [1.54, 1.807) is 32.7 Å². The number of oxime groups is 1. The lowest BCUT2D eigenvalue weighted by molar-refractivity contribution is -0.106. The summed E-state index contributed by atoms with van der Waals surface area (Å²) in [6.07, 6.45) is 2.78. The van der Waals surface area contributed by atoms with E-state index < -0.39 is 6.29 Å². The second-order valence-electron chi connectivity index (χ2n) is 4.08. The van der Waals surface area contributed by atoms with Crippen molar-refractivity contribution in [3.05, 3.63) is 65.5 Å². The van der Waals surface area contributed by atoms with Crippen molar-refractivity contribution < 1.29 is 14.7 Å². The Morgan fingerprint density at radius 1 is 1.15 bits per heavy atom. The third-order valence-electron chi connectivity index (χ3n) is 2.93. The average molecular weight is 272 g/mol. The van der Waals surface area contributed by atoms with Gasteiger partial charge in [0.05, 0.1) is 0 Å². The molecule has 5 nitrogen and oxygen atoms in total. The monoisotopic (exact) mass is 272 g/mol. The summed E-state index contributed by atoms with van der Waals surface area (Å²) in [6.45, 7) is 0. The third-order valence-corrected chi connectivity index (χ3v) is 2.93. The number of methoxy groups -OCH3 is 2. The first-order valence-electron chi connectivity index (χ1n) is 6.09. The Kier molecular flexibility index (Phi) is 4.81. The van der Waals surface area contributed by atoms with E-state index in [0.717, 1.165) is 11.1 Å². The molecule has 1 N–H and O–H groups in total. The van der Waals surface area contributed by atoms with E-state index in [9.17, 15) is 5.21 Å². The van der Waals surface area contributed by atoms with Crippen LogP contribution in [0.5, 0.6) is 0 Å². The number of nitrogens with zero attached hydrogens (tertiary/aromatic N) is 2. The van der Waals surface area contributed by atoms with E-state index in [1.807, 2.05) is 30.3 Å². The molecule has 0 radical (unpaired) electrons. The highest BCUT2D eigenvalue weighted by Crippen LogP contribution is 2.24. The summed E-state index contributed by atoms with van der Waals surface area (Å²) < 4.78 is 10.6. The molecule has 1 aromatic carbocycles. The smallest absolute Gasteiger partial charge is 0.183 e. The number of rotatable bonds is 5. The van der Waals surface area contributed by atoms with Crippen LogP contribution < -0.4 is 0 Å². The molecule has 0 atom stereocenters. The van der Waals surface area contributed by atoms with Gasteiger partial charge in [0.1, 0.15) is 5.71 Å². The first-order chi connectivity index (χ1) is 9.81. The molecule has 0 bridgehead atoms. The molecule has 0 saturated heterocycles. The van der Waals surface area contributed by atoms with Crippen LogP contribution >= 0.6 is 0 Å². The molecule has 0 fully saturated rings. The van der Waals surface area contributed by atoms with E-state index in [4.69, 9.17) is 9.47 Å². The molecule has 1 heterocycles. The fraction of sp³-hybridized carbons (Fsp3) is 0.200. The summed E-state index contributed by atoms with van der Waals surface area (Å²) in [4.78, 5) is 4.04. The molecule has 104 valence electrons. The molecular weight excluding hydrogens is 256 g/mol. The van der Waals surface area contributed by atoms with Gasteiger partial charge >= 0.3 is 0 Å². The lowest BCUT2D eigenvalue weighted by Gasteiger charge is -2.18. The number of pyridine rings is 1. The quantitative estimate of drug-likeness (QED) is 0.393. The van der Waals surface area contributed by atoms with Crippen LogP contribution in [0.25, 0.3) is 0 Å². The standard InChI is InChI=1S/C15H16N2O3/c1-19-15(20-2)13-8-4-3-7-12(13)14(17-18)11-6-5-9-16-10-11/h3-10,15,18H,1-2H3. The maximum Gasteiger partial charge on any atom is 0.183 e. The number of aromatic nitrogens is 1. The second-order valence-corrected chi connectivity index (χ2v) is 4.08. The van der Waals surface area contributed by atoms with Crippen LogP contribution in [0.15, 0.2) is 53.9 Å². The highest BCUT2D eigenvalue weighted by Gasteiger charge is 2.18. The van der Waals surface area contributed by atoms with E-state index in [-0.39, 0.29) is 0 Å². The second kappa shape index (κ2) is 6.79. The van der Waals surface area contributed by atoms with Crippen LogP contribution in [0.2, 0.25) is 0 Å². The van der Waals surface area contributed by atoms with Crippen molar-refractivity contribution in [2.75, 3.05) is 14.2 Å². The molecule has 1 aromatic heterocycles. The molecule has 5 heteroatoms. The van der Waals surface area contributed by atoms with Crippen LogP contribution in [0.3, 0.4) is 0 Å². The zero-order valence-corrected chi connectivity index (χ0v) is 11.4. The topological polar surface area (TPSA) is 63.9 Å². The summed E-state index contributed by atoms with van der Waals surface area (Å²) in [5.41, 5.74) is 2.66. The Morgan fingerprint density at radius 2 is 1.90 bits per heavy atom. The van der Waals surface area contributed by atoms with Gasteiger partial charge in [-0.25, -0.2) is 0 Å². The van der Waals surface area contributed by atoms with Gasteiger partial charge in [-0.2, -0.15) is 0 Å². The van der Waals surface area contributed by atoms with Gasteiger partial charge in [0.25, 0.3) is 0 Å². The average Bonchev–Trinajstić information content (AvgIpc) is 2.52. The highest BCUT2D eigenvalue weighted by molar-refractivity contribution is 6.13. The summed E-state index contributed by atoms with van der Waals surface area (Å²) >= 11 is 0. The van der Waals surface area contributed by atoms with Gasteiger partial charge in [-0.15, -0.1) is 0 Å². The molecule has 0 unspecified atom stereocenters. The van der Waals surface area contributed by atoms with E-state index in [2.05, 4.69) is 10.1 Å². The van der Waals surface area contributed by atoms with Gasteiger partial charge < -0.3 is 14.7 Å². The number of hydrogen-bond acceptors (Lipinski definition) is 5. The van der Waals surface area contributed by atoms with Crippen molar-refractivity contribution in [1.82, 2.24) is 4.98 Å². The van der Waals surface area contributed by atoms with E-state index in [0.29, 0.717) is 11.3 Å². The first-order valence-corrected chi connectivity index (χ1v) is 6.09. The van der Waals surface area contributed by atoms with Crippen molar-refractivity contribution in [3.8, 4) is 0 Å². The summed E-state index contributed by atoms with van der Waals surface area (Å²) in [6, 6.07) is 11.1. The van der Waals surface area contributed by atoms with Crippen LogP contribution in [0.1, 0.15) is 23.0 Å². The minimum Gasteiger partial charge on any atom is -0.410 e. The molecule has 0 spiro atoms. The van der Waals surface area contributed by atoms with Crippen molar-refractivity contribution in [3.63, 3.8) is 0 Å². The minimum atomic E-state index is -0.528. The minimum absolute atomic E-state index is 0.424. The van der Waals surface area contributed by atoms with Gasteiger partial charge in [0.15, 0.2) is 6.29 Å². The molecule has 0 saturated carbocycles. The molecule has 2 rings (SSSR count). The molecular formula is C15H16N2O3. The Hall–Kier alpha value is -2.24. The zero-order chi connectivity index (χ0) is 14.4. The van der Waals surface area contributed by atoms with Gasteiger partial charge in [0, 0.05) is 43.3 Å². The highest BCUT2D eigenvalue weighted by atomic mass is 16.7. The van der Waals surface area contributed by atoms with Crippen LogP contribution in [0, 0.1) is 0 Å². The van der Waals surface area contributed by atoms with Gasteiger partial charge in [-0.05, 0) is 12.1 Å². The summed E-state index contributed by atoms with van der Waals surface area (Å²) in [5, 5.41) is 12.8. The molecule has 20 heavy (non-hydrogen) atoms. The van der Waals surface area contributed by atoms with Gasteiger partial charge in [0.2, 0.25) is 0 Å². The predicted octanol–water partition coefficient (Wildman–Crippen LogP) is 2.60. The van der Waals surface area contributed by atoms with Crippen LogP contribution in [0.4, 0.5) is 0 Å². The summed E-state index contributed by atoms with van der Waals surface area (Å²) in [7, 11) is 3.12. The Labute approximate surface area is 117 Å². The maximum atomic E-state index is 9.36. The zero-order valence-electron chi connectivity index (χ0n) is 11.4. The lowest BCUT2D eigenvalue weighted by atomic mass is 9.98. The summed E-state index contributed by atoms with van der Waals surface area (Å²) in [5.74, 6) is 0. The fourth-order valence-electron chi connectivity index (χ4n) is 2.04. The SMILES string of the molecule is COC(OC)c1ccccc1C(=NO)c1cccnc1. The Bertz CT molecular complexity index is 581. The first kappa shape index (κ1) is 14.2. The molecule has 0 aliphatic heterocycles. The van der Waals surface area contributed by atoms with Crippen molar-refractivity contribution in [2.45, 2.75) is 6.29 Å². The molecule has 2 aromatic rings. The predicted molar refractivity (Wildman–Crippen MR) is 74.9 cm³/mol. The number of ether oxygens (including phenoxy) is 2. The molecule has 0 aliphatic rings. The van der Waals surface area contributed by atoms with Gasteiger partial charge in [-0.1, -0.05) is 29.4 Å². The largest absolute Gasteiger partial charge is 0.410 e. The van der Waals surface area contributed by atoms with Crippen LogP contribution in [-0.4, -0.2) is 30.1 Å². The molecule has 0 aliphatic carbocycles. The number of benzene rings is 1. The van der Waals surface area contributed by atoms with Gasteiger partial charge in [-0.3, -0.25) is 4.98 Å². The lowest BCUT2D eigenvalue weighted by Crippen LogP contribution is -2.12. The van der Waals surface area contributed by atoms with Crippen molar-refractivity contribution >= 4 is 5.71 Å². The normalized spacial score (nSPS) is 11.8. The third kappa shape index (κ3) is 2.84. The molecule has 0 amide bonds. The van der Waals surface area contributed by atoms with E-state index in [1.165, 1.54) is 0 Å². The van der Waals surface area contributed by atoms with E-state index >= 15 is 0 Å². The Morgan fingerprint density at radius 3 is 2.50 bits per heavy atom. The Balaban J connectivity index is 2.51. The van der Waals surface area contributed by atoms with Crippen LogP contribution in [-0.2, 0) is 9.47 Å².